The zero-order valence-electron chi connectivity index (χ0n) is 10.2. The van der Waals surface area contributed by atoms with Crippen LogP contribution >= 0.6 is 0 Å². The predicted molar refractivity (Wildman–Crippen MR) is 68.1 cm³/mol. The first-order valence-corrected chi connectivity index (χ1v) is 6.29. The maximum absolute atomic E-state index is 8.87. The molecule has 0 fully saturated rings. The lowest BCUT2D eigenvalue weighted by Crippen LogP contribution is -1.81. The van der Waals surface area contributed by atoms with Crippen LogP contribution < -0.4 is 0 Å². The van der Waals surface area contributed by atoms with Crippen molar-refractivity contribution in [1.29, 1.82) is 0 Å². The van der Waals surface area contributed by atoms with Crippen LogP contribution in [0, 0.1) is 0 Å². The molecule has 15 heavy (non-hydrogen) atoms. The van der Waals surface area contributed by atoms with Gasteiger partial charge in [0.25, 0.3) is 0 Å². The summed E-state index contributed by atoms with van der Waals surface area (Å²) in [6, 6.07) is 0. The minimum absolute atomic E-state index is 0.328. The van der Waals surface area contributed by atoms with E-state index < -0.39 is 0 Å². The molecule has 0 bridgehead atoms. The lowest BCUT2D eigenvalue weighted by Gasteiger charge is -1.98. The summed E-state index contributed by atoms with van der Waals surface area (Å²) < 4.78 is 0. The molecule has 0 spiro atoms. The summed E-state index contributed by atoms with van der Waals surface area (Å²) in [4.78, 5) is 0. The molecule has 0 rings (SSSR count). The zero-order chi connectivity index (χ0) is 11.4. The first-order valence-electron chi connectivity index (χ1n) is 6.29. The molecule has 1 nitrogen and oxygen atoms in total. The minimum Gasteiger partial charge on any atom is -0.513 e. The van der Waals surface area contributed by atoms with Gasteiger partial charge in [0, 0.05) is 6.42 Å². The lowest BCUT2D eigenvalue weighted by atomic mass is 10.1. The fraction of sp³-hybridized carbons (Fsp3) is 0.714. The minimum atomic E-state index is 0.328. The Morgan fingerprint density at radius 1 is 1.00 bits per heavy atom. The first-order chi connectivity index (χ1) is 7.27. The Balaban J connectivity index is 3.04. The summed E-state index contributed by atoms with van der Waals surface area (Å²) in [6.07, 6.45) is 15.3. The molecule has 0 aromatic carbocycles. The Hall–Kier alpha value is -0.720. The maximum Gasteiger partial charge on any atom is 0.0851 e. The van der Waals surface area contributed by atoms with Gasteiger partial charge in [-0.1, -0.05) is 51.3 Å². The van der Waals surface area contributed by atoms with Crippen molar-refractivity contribution in [3.05, 3.63) is 24.5 Å². The molecular formula is C14H26O. The highest BCUT2D eigenvalue weighted by Crippen LogP contribution is 2.08. The Labute approximate surface area is 94.9 Å². The average Bonchev–Trinajstić information content (AvgIpc) is 2.20. The van der Waals surface area contributed by atoms with E-state index in [2.05, 4.69) is 25.7 Å². The number of hydrogen-bond donors (Lipinski definition) is 1. The standard InChI is InChI=1S/C14H26O/c1-3-4-5-6-7-8-9-10-11-12-13-14(2)15/h6-7,15H,2-5,8-13H2,1H3/b7-6+. The van der Waals surface area contributed by atoms with E-state index in [1.54, 1.807) is 0 Å². The van der Waals surface area contributed by atoms with Crippen LogP contribution in [-0.2, 0) is 0 Å². The Kier molecular flexibility index (Phi) is 10.8. The van der Waals surface area contributed by atoms with E-state index in [0.29, 0.717) is 5.76 Å². The highest BCUT2D eigenvalue weighted by molar-refractivity contribution is 4.81. The third-order valence-electron chi connectivity index (χ3n) is 2.48. The van der Waals surface area contributed by atoms with E-state index in [4.69, 9.17) is 5.11 Å². The molecular weight excluding hydrogens is 184 g/mol. The van der Waals surface area contributed by atoms with Gasteiger partial charge in [0.1, 0.15) is 0 Å². The summed E-state index contributed by atoms with van der Waals surface area (Å²) in [7, 11) is 0. The Morgan fingerprint density at radius 2 is 1.60 bits per heavy atom. The van der Waals surface area contributed by atoms with Gasteiger partial charge in [0.15, 0.2) is 0 Å². The predicted octanol–water partition coefficient (Wildman–Crippen LogP) is 5.15. The van der Waals surface area contributed by atoms with Gasteiger partial charge in [-0.05, 0) is 25.7 Å². The van der Waals surface area contributed by atoms with Crippen molar-refractivity contribution in [1.82, 2.24) is 0 Å². The van der Waals surface area contributed by atoms with Crippen molar-refractivity contribution in [2.24, 2.45) is 0 Å². The van der Waals surface area contributed by atoms with Gasteiger partial charge in [-0.15, -0.1) is 0 Å². The first kappa shape index (κ1) is 14.3. The fourth-order valence-corrected chi connectivity index (χ4v) is 1.50. The summed E-state index contributed by atoms with van der Waals surface area (Å²) in [5, 5.41) is 8.87. The second-order valence-corrected chi connectivity index (χ2v) is 4.13. The van der Waals surface area contributed by atoms with Crippen molar-refractivity contribution in [3.8, 4) is 0 Å². The average molecular weight is 210 g/mol. The van der Waals surface area contributed by atoms with Crippen molar-refractivity contribution < 1.29 is 5.11 Å². The number of aliphatic hydroxyl groups is 1. The number of aliphatic hydroxyl groups excluding tert-OH is 1. The second-order valence-electron chi connectivity index (χ2n) is 4.13. The van der Waals surface area contributed by atoms with Crippen molar-refractivity contribution in [3.63, 3.8) is 0 Å². The molecule has 0 amide bonds. The quantitative estimate of drug-likeness (QED) is 0.300. The van der Waals surface area contributed by atoms with E-state index in [1.807, 2.05) is 0 Å². The van der Waals surface area contributed by atoms with Crippen LogP contribution in [0.2, 0.25) is 0 Å². The van der Waals surface area contributed by atoms with Crippen molar-refractivity contribution in [2.45, 2.75) is 64.7 Å². The summed E-state index contributed by atoms with van der Waals surface area (Å²) >= 11 is 0. The molecule has 0 aromatic heterocycles. The van der Waals surface area contributed by atoms with Crippen LogP contribution in [0.3, 0.4) is 0 Å². The number of allylic oxidation sites excluding steroid dienone is 3. The van der Waals surface area contributed by atoms with Gasteiger partial charge in [0.05, 0.1) is 5.76 Å². The zero-order valence-corrected chi connectivity index (χ0v) is 10.2. The molecule has 1 N–H and O–H groups in total. The topological polar surface area (TPSA) is 20.2 Å². The van der Waals surface area contributed by atoms with Crippen LogP contribution in [0.15, 0.2) is 24.5 Å². The number of unbranched alkanes of at least 4 members (excludes halogenated alkanes) is 6. The number of rotatable bonds is 10. The van der Waals surface area contributed by atoms with Gasteiger partial charge in [-0.3, -0.25) is 0 Å². The molecule has 0 heterocycles. The molecule has 0 saturated carbocycles. The monoisotopic (exact) mass is 210 g/mol. The van der Waals surface area contributed by atoms with Crippen LogP contribution in [0.25, 0.3) is 0 Å². The molecule has 0 aliphatic carbocycles. The normalized spacial score (nSPS) is 11.0. The summed E-state index contributed by atoms with van der Waals surface area (Å²) in [5.41, 5.74) is 0. The van der Waals surface area contributed by atoms with E-state index >= 15 is 0 Å². The van der Waals surface area contributed by atoms with Gasteiger partial charge in [0.2, 0.25) is 0 Å². The molecule has 0 atom stereocenters. The van der Waals surface area contributed by atoms with E-state index in [1.165, 1.54) is 44.9 Å². The summed E-state index contributed by atoms with van der Waals surface area (Å²) in [5.74, 6) is 0.328. The molecule has 0 unspecified atom stereocenters. The van der Waals surface area contributed by atoms with Gasteiger partial charge >= 0.3 is 0 Å². The van der Waals surface area contributed by atoms with E-state index in [0.717, 1.165) is 12.8 Å². The van der Waals surface area contributed by atoms with Crippen LogP contribution in [0.1, 0.15) is 64.7 Å². The molecule has 0 saturated heterocycles. The van der Waals surface area contributed by atoms with Gasteiger partial charge in [-0.2, -0.15) is 0 Å². The fourth-order valence-electron chi connectivity index (χ4n) is 1.50. The highest BCUT2D eigenvalue weighted by Gasteiger charge is 1.91. The van der Waals surface area contributed by atoms with Crippen LogP contribution in [0.4, 0.5) is 0 Å². The van der Waals surface area contributed by atoms with E-state index in [-0.39, 0.29) is 0 Å². The Bertz CT molecular complexity index is 170. The molecule has 0 radical (unpaired) electrons. The Morgan fingerprint density at radius 3 is 2.20 bits per heavy atom. The van der Waals surface area contributed by atoms with Gasteiger partial charge in [-0.25, -0.2) is 0 Å². The molecule has 0 aliphatic rings. The third-order valence-corrected chi connectivity index (χ3v) is 2.48. The molecule has 0 aliphatic heterocycles. The van der Waals surface area contributed by atoms with E-state index in [9.17, 15) is 0 Å². The number of hydrogen-bond acceptors (Lipinski definition) is 1. The smallest absolute Gasteiger partial charge is 0.0851 e. The van der Waals surface area contributed by atoms with Crippen molar-refractivity contribution in [2.75, 3.05) is 0 Å². The molecule has 1 heteroatoms. The van der Waals surface area contributed by atoms with Crippen LogP contribution in [-0.4, -0.2) is 5.11 Å². The molecule has 0 aromatic rings. The highest BCUT2D eigenvalue weighted by atomic mass is 16.3. The largest absolute Gasteiger partial charge is 0.513 e. The maximum atomic E-state index is 8.87. The SMILES string of the molecule is C=C(O)CCCCCC/C=C/CCCC. The summed E-state index contributed by atoms with van der Waals surface area (Å²) in [6.45, 7) is 5.70. The molecule has 88 valence electrons. The van der Waals surface area contributed by atoms with Crippen molar-refractivity contribution >= 4 is 0 Å². The lowest BCUT2D eigenvalue weighted by molar-refractivity contribution is 0.383. The third kappa shape index (κ3) is 13.3. The van der Waals surface area contributed by atoms with Gasteiger partial charge < -0.3 is 5.11 Å². The van der Waals surface area contributed by atoms with Crippen LogP contribution in [0.5, 0.6) is 0 Å². The second kappa shape index (κ2) is 11.4.